The highest BCUT2D eigenvalue weighted by Gasteiger charge is 2.66. The van der Waals surface area contributed by atoms with Crippen LogP contribution >= 0.6 is 0 Å². The molecule has 0 saturated carbocycles. The van der Waals surface area contributed by atoms with Crippen LogP contribution in [0.2, 0.25) is 0 Å². The molecule has 3 aliphatic rings. The molecular weight excluding hydrogens is 484 g/mol. The number of amides is 1. The Balaban J connectivity index is 1.40. The number of hydrogen-bond donors (Lipinski definition) is 1. The van der Waals surface area contributed by atoms with Crippen LogP contribution in [-0.4, -0.2) is 20.1 Å². The van der Waals surface area contributed by atoms with Crippen LogP contribution in [0.25, 0.3) is 11.1 Å². The van der Waals surface area contributed by atoms with E-state index in [0.717, 1.165) is 39.4 Å². The van der Waals surface area contributed by atoms with Crippen LogP contribution in [-0.2, 0) is 15.3 Å². The second kappa shape index (κ2) is 8.45. The Kier molecular flexibility index (Phi) is 5.20. The predicted molar refractivity (Wildman–Crippen MR) is 154 cm³/mol. The molecule has 4 atom stereocenters. The molecule has 4 aromatic rings. The fraction of sp³-hybridized carbons (Fsp3) is 0.265. The largest absolute Gasteiger partial charge is 0.497 e. The lowest BCUT2D eigenvalue weighted by Crippen LogP contribution is -2.65. The Hall–Kier alpha value is -4.09. The molecule has 4 aromatic carbocycles. The Morgan fingerprint density at radius 2 is 1.44 bits per heavy atom. The molecule has 5 nitrogen and oxygen atoms in total. The first-order valence-electron chi connectivity index (χ1n) is 13.5. The minimum Gasteiger partial charge on any atom is -0.497 e. The number of carbonyl (C=O) groups excluding carboxylic acids is 1. The summed E-state index contributed by atoms with van der Waals surface area (Å²) >= 11 is 0. The van der Waals surface area contributed by atoms with Crippen LogP contribution in [0.4, 0.5) is 11.4 Å². The van der Waals surface area contributed by atoms with Crippen molar-refractivity contribution >= 4 is 17.3 Å². The molecule has 0 aliphatic carbocycles. The van der Waals surface area contributed by atoms with Crippen molar-refractivity contribution in [3.8, 4) is 16.9 Å². The third kappa shape index (κ3) is 3.26. The van der Waals surface area contributed by atoms with Gasteiger partial charge in [0, 0.05) is 40.9 Å². The average molecular weight is 517 g/mol. The minimum absolute atomic E-state index is 0.0433. The fourth-order valence-electron chi connectivity index (χ4n) is 7.20. The maximum Gasteiger partial charge on any atom is 0.233 e. The molecule has 0 aromatic heterocycles. The summed E-state index contributed by atoms with van der Waals surface area (Å²) in [4.78, 5) is 15.8. The van der Waals surface area contributed by atoms with E-state index in [1.54, 1.807) is 7.11 Å². The van der Waals surface area contributed by atoms with Gasteiger partial charge >= 0.3 is 0 Å². The van der Waals surface area contributed by atoms with Gasteiger partial charge in [-0.2, -0.15) is 0 Å². The number of carbonyl (C=O) groups is 1. The lowest BCUT2D eigenvalue weighted by Gasteiger charge is -2.63. The van der Waals surface area contributed by atoms with Crippen LogP contribution in [0.3, 0.4) is 0 Å². The molecule has 3 aliphatic heterocycles. The van der Waals surface area contributed by atoms with Crippen molar-refractivity contribution in [3.05, 3.63) is 114 Å². The van der Waals surface area contributed by atoms with E-state index in [4.69, 9.17) is 9.47 Å². The van der Waals surface area contributed by atoms with E-state index in [0.29, 0.717) is 0 Å². The number of fused-ring (bicyclic) bond motifs is 8. The summed E-state index contributed by atoms with van der Waals surface area (Å²) < 4.78 is 12.6. The van der Waals surface area contributed by atoms with Gasteiger partial charge in [-0.3, -0.25) is 4.79 Å². The molecule has 1 saturated heterocycles. The molecule has 2 bridgehead atoms. The van der Waals surface area contributed by atoms with Gasteiger partial charge in [-0.05, 0) is 41.0 Å². The maximum absolute atomic E-state index is 14.0. The SMILES string of the molecule is COc1ccc(-c2ccc([C@]34Nc5ccccc5[C@H](C5C(=O)N(C)c6ccccc6C5O3)C4(C)C)cc2)cc1. The van der Waals surface area contributed by atoms with Crippen molar-refractivity contribution in [3.63, 3.8) is 0 Å². The normalized spacial score (nSPS) is 26.1. The van der Waals surface area contributed by atoms with Gasteiger partial charge in [-0.15, -0.1) is 0 Å². The highest BCUT2D eigenvalue weighted by Crippen LogP contribution is 2.67. The number of para-hydroxylation sites is 2. The molecule has 2 unspecified atom stereocenters. The predicted octanol–water partition coefficient (Wildman–Crippen LogP) is 7.11. The number of ether oxygens (including phenoxy) is 2. The Morgan fingerprint density at radius 3 is 2.13 bits per heavy atom. The molecule has 196 valence electrons. The van der Waals surface area contributed by atoms with E-state index in [1.807, 2.05) is 48.3 Å². The number of rotatable bonds is 3. The van der Waals surface area contributed by atoms with Crippen molar-refractivity contribution in [1.29, 1.82) is 0 Å². The summed E-state index contributed by atoms with van der Waals surface area (Å²) in [7, 11) is 3.57. The number of hydrogen-bond acceptors (Lipinski definition) is 4. The zero-order chi connectivity index (χ0) is 26.9. The third-order valence-corrected chi connectivity index (χ3v) is 9.22. The molecule has 0 spiro atoms. The van der Waals surface area contributed by atoms with Crippen LogP contribution in [0.1, 0.15) is 42.6 Å². The second-order valence-electron chi connectivity index (χ2n) is 11.4. The molecule has 1 N–H and O–H groups in total. The Bertz CT molecular complexity index is 1580. The number of nitrogens with one attached hydrogen (secondary N) is 1. The van der Waals surface area contributed by atoms with Crippen molar-refractivity contribution in [2.75, 3.05) is 24.4 Å². The van der Waals surface area contributed by atoms with E-state index in [2.05, 4.69) is 79.8 Å². The van der Waals surface area contributed by atoms with Gasteiger partial charge in [0.2, 0.25) is 5.91 Å². The molecule has 1 fully saturated rings. The van der Waals surface area contributed by atoms with Gasteiger partial charge < -0.3 is 19.7 Å². The molecule has 39 heavy (non-hydrogen) atoms. The lowest BCUT2D eigenvalue weighted by molar-refractivity contribution is -0.228. The monoisotopic (exact) mass is 516 g/mol. The zero-order valence-electron chi connectivity index (χ0n) is 22.6. The van der Waals surface area contributed by atoms with Crippen molar-refractivity contribution in [2.45, 2.75) is 31.6 Å². The molecule has 3 heterocycles. The van der Waals surface area contributed by atoms with Gasteiger partial charge in [0.15, 0.2) is 5.72 Å². The number of methoxy groups -OCH3 is 1. The van der Waals surface area contributed by atoms with Crippen LogP contribution in [0, 0.1) is 11.3 Å². The number of nitrogens with zero attached hydrogens (tertiary/aromatic N) is 1. The topological polar surface area (TPSA) is 50.8 Å². The minimum atomic E-state index is -0.838. The van der Waals surface area contributed by atoms with Crippen molar-refractivity contribution in [2.24, 2.45) is 11.3 Å². The van der Waals surface area contributed by atoms with E-state index in [1.165, 1.54) is 5.56 Å². The summed E-state index contributed by atoms with van der Waals surface area (Å²) in [6.45, 7) is 4.48. The Morgan fingerprint density at radius 1 is 0.821 bits per heavy atom. The Labute approximate surface area is 229 Å². The first-order valence-corrected chi connectivity index (χ1v) is 13.5. The van der Waals surface area contributed by atoms with E-state index in [9.17, 15) is 4.79 Å². The summed E-state index contributed by atoms with van der Waals surface area (Å²) in [6.07, 6.45) is -0.370. The standard InChI is InChI=1S/C34H32N2O3/c1-33(2)30-25-9-5-7-11-27(25)35-34(33,23-17-13-21(14-18-23)22-15-19-24(38-4)20-16-22)39-31-26-10-6-8-12-28(26)36(3)32(37)29(30)31/h5-20,29-31,35H,1-4H3/t29?,30-,31?,34+/m1/s1. The smallest absolute Gasteiger partial charge is 0.233 e. The highest BCUT2D eigenvalue weighted by atomic mass is 16.5. The van der Waals surface area contributed by atoms with Gasteiger partial charge in [-0.25, -0.2) is 0 Å². The summed E-state index contributed by atoms with van der Waals surface area (Å²) in [5.41, 5.74) is 6.19. The van der Waals surface area contributed by atoms with Crippen molar-refractivity contribution < 1.29 is 14.3 Å². The molecular formula is C34H32N2O3. The summed E-state index contributed by atoms with van der Waals surface area (Å²) in [6, 6.07) is 33.3. The average Bonchev–Trinajstić information content (AvgIpc) is 2.96. The number of benzene rings is 4. The molecule has 5 heteroatoms. The number of anilines is 2. The van der Waals surface area contributed by atoms with Crippen LogP contribution < -0.4 is 15.0 Å². The third-order valence-electron chi connectivity index (χ3n) is 9.22. The highest BCUT2D eigenvalue weighted by molar-refractivity contribution is 5.99. The molecule has 7 rings (SSSR count). The zero-order valence-corrected chi connectivity index (χ0v) is 22.6. The summed E-state index contributed by atoms with van der Waals surface area (Å²) in [5.74, 6) is 0.579. The van der Waals surface area contributed by atoms with E-state index < -0.39 is 11.1 Å². The first kappa shape index (κ1) is 24.0. The molecule has 1 amide bonds. The summed E-state index contributed by atoms with van der Waals surface area (Å²) in [5, 5.41) is 3.85. The molecule has 0 radical (unpaired) electrons. The quantitative estimate of drug-likeness (QED) is 0.315. The van der Waals surface area contributed by atoms with E-state index >= 15 is 0 Å². The fourth-order valence-corrected chi connectivity index (χ4v) is 7.20. The van der Waals surface area contributed by atoms with E-state index in [-0.39, 0.29) is 23.8 Å². The second-order valence-corrected chi connectivity index (χ2v) is 11.4. The maximum atomic E-state index is 14.0. The van der Waals surface area contributed by atoms with Crippen molar-refractivity contribution in [1.82, 2.24) is 0 Å². The lowest BCUT2D eigenvalue weighted by atomic mass is 9.55. The van der Waals surface area contributed by atoms with Gasteiger partial charge in [0.1, 0.15) is 11.9 Å². The van der Waals surface area contributed by atoms with Gasteiger partial charge in [0.05, 0.1) is 13.0 Å². The van der Waals surface area contributed by atoms with Crippen LogP contribution in [0.15, 0.2) is 97.1 Å². The first-order chi connectivity index (χ1) is 18.9. The van der Waals surface area contributed by atoms with Crippen LogP contribution in [0.5, 0.6) is 5.75 Å². The van der Waals surface area contributed by atoms with Gasteiger partial charge in [-0.1, -0.05) is 86.6 Å². The van der Waals surface area contributed by atoms with Gasteiger partial charge in [0.25, 0.3) is 0 Å².